The maximum atomic E-state index is 12.5. The van der Waals surface area contributed by atoms with Crippen molar-refractivity contribution in [3.8, 4) is 0 Å². The fourth-order valence-electron chi connectivity index (χ4n) is 3.00. The van der Waals surface area contributed by atoms with Crippen molar-refractivity contribution >= 4 is 46.3 Å². The molecule has 0 unspecified atom stereocenters. The molecule has 0 fully saturated rings. The van der Waals surface area contributed by atoms with Crippen LogP contribution < -0.4 is 11.1 Å². The summed E-state index contributed by atoms with van der Waals surface area (Å²) in [6, 6.07) is 15.2. The van der Waals surface area contributed by atoms with E-state index >= 15 is 0 Å². The second-order valence-corrected chi connectivity index (χ2v) is 7.63. The van der Waals surface area contributed by atoms with Crippen molar-refractivity contribution in [3.05, 3.63) is 65.9 Å². The van der Waals surface area contributed by atoms with E-state index in [2.05, 4.69) is 12.2 Å². The van der Waals surface area contributed by atoms with E-state index in [9.17, 15) is 9.59 Å². The van der Waals surface area contributed by atoms with Gasteiger partial charge in [0.25, 0.3) is 0 Å². The van der Waals surface area contributed by atoms with E-state index in [-0.39, 0.29) is 11.7 Å². The van der Waals surface area contributed by atoms with E-state index in [0.717, 1.165) is 46.5 Å². The first-order chi connectivity index (χ1) is 14.1. The molecule has 3 N–H and O–H groups in total. The molecule has 29 heavy (non-hydrogen) atoms. The van der Waals surface area contributed by atoms with E-state index in [4.69, 9.17) is 10.2 Å². The zero-order valence-electron chi connectivity index (χ0n) is 16.3. The lowest BCUT2D eigenvalue weighted by Crippen LogP contribution is -2.13. The number of amides is 2. The van der Waals surface area contributed by atoms with Gasteiger partial charge in [0.2, 0.25) is 11.8 Å². The highest BCUT2D eigenvalue weighted by molar-refractivity contribution is 8.00. The Kier molecular flexibility index (Phi) is 7.14. The number of aryl methyl sites for hydroxylation is 1. The Hall–Kier alpha value is -2.99. The molecule has 0 aliphatic carbocycles. The Balaban J connectivity index is 1.79. The second-order valence-electron chi connectivity index (χ2n) is 6.61. The van der Waals surface area contributed by atoms with E-state index in [1.165, 1.54) is 17.8 Å². The van der Waals surface area contributed by atoms with Crippen LogP contribution in [0.2, 0.25) is 0 Å². The van der Waals surface area contributed by atoms with Crippen LogP contribution in [0.3, 0.4) is 0 Å². The number of nitrogens with two attached hydrogens (primary N) is 1. The van der Waals surface area contributed by atoms with E-state index in [1.807, 2.05) is 48.5 Å². The van der Waals surface area contributed by atoms with Crippen molar-refractivity contribution in [2.24, 2.45) is 5.73 Å². The van der Waals surface area contributed by atoms with Crippen LogP contribution in [-0.4, -0.2) is 17.6 Å². The predicted octanol–water partition coefficient (Wildman–Crippen LogP) is 5.00. The van der Waals surface area contributed by atoms with Crippen LogP contribution in [0.4, 0.5) is 5.69 Å². The molecule has 0 aliphatic heterocycles. The first-order valence-electron chi connectivity index (χ1n) is 9.58. The number of para-hydroxylation sites is 2. The fourth-order valence-corrected chi connectivity index (χ4v) is 3.75. The van der Waals surface area contributed by atoms with Crippen LogP contribution in [-0.2, 0) is 16.0 Å². The molecule has 1 heterocycles. The summed E-state index contributed by atoms with van der Waals surface area (Å²) in [6.07, 6.45) is 6.25. The average molecular weight is 409 g/mol. The number of fused-ring (bicyclic) bond motifs is 1. The summed E-state index contributed by atoms with van der Waals surface area (Å²) in [4.78, 5) is 24.4. The summed E-state index contributed by atoms with van der Waals surface area (Å²) in [5.41, 5.74) is 7.64. The molecule has 2 amide bonds. The van der Waals surface area contributed by atoms with Crippen molar-refractivity contribution in [3.63, 3.8) is 0 Å². The molecule has 3 rings (SSSR count). The minimum atomic E-state index is -0.400. The Labute approximate surface area is 174 Å². The number of carbonyl (C=O) groups is 2. The van der Waals surface area contributed by atoms with Crippen molar-refractivity contribution in [1.29, 1.82) is 0 Å². The summed E-state index contributed by atoms with van der Waals surface area (Å²) < 4.78 is 6.00. The third-order valence-corrected chi connectivity index (χ3v) is 5.48. The molecule has 3 aromatic rings. The summed E-state index contributed by atoms with van der Waals surface area (Å²) >= 11 is 1.30. The monoisotopic (exact) mass is 408 g/mol. The van der Waals surface area contributed by atoms with Crippen LogP contribution >= 0.6 is 11.8 Å². The number of rotatable bonds is 9. The zero-order valence-corrected chi connectivity index (χ0v) is 17.1. The van der Waals surface area contributed by atoms with Gasteiger partial charge < -0.3 is 15.5 Å². The fraction of sp³-hybridized carbons (Fsp3) is 0.217. The summed E-state index contributed by atoms with van der Waals surface area (Å²) in [5, 5.41) is 3.88. The lowest BCUT2D eigenvalue weighted by molar-refractivity contribution is -0.115. The number of thioether (sulfide) groups is 1. The Morgan fingerprint density at radius 2 is 1.90 bits per heavy atom. The van der Waals surface area contributed by atoms with E-state index in [1.54, 1.807) is 6.07 Å². The van der Waals surface area contributed by atoms with Crippen molar-refractivity contribution < 1.29 is 14.0 Å². The summed E-state index contributed by atoms with van der Waals surface area (Å²) in [6.45, 7) is 2.14. The van der Waals surface area contributed by atoms with Gasteiger partial charge in [-0.2, -0.15) is 0 Å². The van der Waals surface area contributed by atoms with Gasteiger partial charge in [0.1, 0.15) is 11.3 Å². The molecule has 0 saturated heterocycles. The Morgan fingerprint density at radius 1 is 1.14 bits per heavy atom. The highest BCUT2D eigenvalue weighted by atomic mass is 32.2. The van der Waals surface area contributed by atoms with Gasteiger partial charge in [-0.15, -0.1) is 11.8 Å². The Bertz CT molecular complexity index is 1040. The largest absolute Gasteiger partial charge is 0.460 e. The Morgan fingerprint density at radius 3 is 2.69 bits per heavy atom. The van der Waals surface area contributed by atoms with Gasteiger partial charge in [-0.25, -0.2) is 0 Å². The first-order valence-corrected chi connectivity index (χ1v) is 10.6. The number of nitrogens with one attached hydrogen (secondary N) is 1. The molecular formula is C23H24N2O3S. The number of anilines is 1. The molecule has 5 nitrogen and oxygen atoms in total. The molecule has 2 aromatic carbocycles. The number of primary amides is 1. The maximum Gasteiger partial charge on any atom is 0.248 e. The summed E-state index contributed by atoms with van der Waals surface area (Å²) in [5.74, 6) is 0.408. The smallest absolute Gasteiger partial charge is 0.248 e. The topological polar surface area (TPSA) is 85.3 Å². The van der Waals surface area contributed by atoms with Gasteiger partial charge in [-0.1, -0.05) is 43.7 Å². The van der Waals surface area contributed by atoms with Gasteiger partial charge in [-0.05, 0) is 30.7 Å². The number of unbranched alkanes of at least 4 members (excludes halogenated alkanes) is 1. The van der Waals surface area contributed by atoms with Crippen LogP contribution in [0.1, 0.15) is 31.1 Å². The highest BCUT2D eigenvalue weighted by Crippen LogP contribution is 2.29. The summed E-state index contributed by atoms with van der Waals surface area (Å²) in [7, 11) is 0. The van der Waals surface area contributed by atoms with Gasteiger partial charge >= 0.3 is 0 Å². The second kappa shape index (κ2) is 9.98. The third kappa shape index (κ3) is 5.51. The molecule has 0 saturated carbocycles. The molecule has 0 atom stereocenters. The predicted molar refractivity (Wildman–Crippen MR) is 119 cm³/mol. The molecule has 0 aliphatic rings. The number of hydrogen-bond donors (Lipinski definition) is 2. The van der Waals surface area contributed by atoms with Gasteiger partial charge in [-0.3, -0.25) is 9.59 Å². The van der Waals surface area contributed by atoms with Crippen LogP contribution in [0.25, 0.3) is 17.0 Å². The van der Waals surface area contributed by atoms with Crippen molar-refractivity contribution in [1.82, 2.24) is 0 Å². The maximum absolute atomic E-state index is 12.5. The SMILES string of the molecule is CCCCc1oc2ccccc2c1/C=C/C(=O)Nc1ccccc1SCC(N)=O. The molecular weight excluding hydrogens is 384 g/mol. The third-order valence-electron chi connectivity index (χ3n) is 4.38. The first kappa shape index (κ1) is 20.7. The average Bonchev–Trinajstić information content (AvgIpc) is 3.07. The minimum Gasteiger partial charge on any atom is -0.460 e. The molecule has 0 spiro atoms. The van der Waals surface area contributed by atoms with Crippen LogP contribution in [0.5, 0.6) is 0 Å². The van der Waals surface area contributed by atoms with Gasteiger partial charge in [0.05, 0.1) is 11.4 Å². The molecule has 0 bridgehead atoms. The molecule has 0 radical (unpaired) electrons. The highest BCUT2D eigenvalue weighted by Gasteiger charge is 2.12. The van der Waals surface area contributed by atoms with Gasteiger partial charge in [0, 0.05) is 28.3 Å². The van der Waals surface area contributed by atoms with E-state index < -0.39 is 5.91 Å². The number of furan rings is 1. The lowest BCUT2D eigenvalue weighted by Gasteiger charge is -2.08. The van der Waals surface area contributed by atoms with E-state index in [0.29, 0.717) is 5.69 Å². The van der Waals surface area contributed by atoms with Crippen LogP contribution in [0.15, 0.2) is 63.9 Å². The van der Waals surface area contributed by atoms with Crippen molar-refractivity contribution in [2.45, 2.75) is 31.1 Å². The molecule has 150 valence electrons. The zero-order chi connectivity index (χ0) is 20.6. The lowest BCUT2D eigenvalue weighted by atomic mass is 10.1. The minimum absolute atomic E-state index is 0.157. The van der Waals surface area contributed by atoms with Gasteiger partial charge in [0.15, 0.2) is 0 Å². The van der Waals surface area contributed by atoms with Crippen molar-refractivity contribution in [2.75, 3.05) is 11.1 Å². The number of carbonyl (C=O) groups excluding carboxylic acids is 2. The van der Waals surface area contributed by atoms with Crippen LogP contribution in [0, 0.1) is 0 Å². The normalized spacial score (nSPS) is 11.2. The number of benzene rings is 2. The quantitative estimate of drug-likeness (QED) is 0.385. The molecule has 6 heteroatoms. The number of hydrogen-bond acceptors (Lipinski definition) is 4. The molecule has 1 aromatic heterocycles. The standard InChI is InChI=1S/C23H24N2O3S/c1-2-3-10-19-17(16-8-4-6-11-20(16)28-19)13-14-23(27)25-18-9-5-7-12-21(18)29-15-22(24)26/h4-9,11-14H,2-3,10,15H2,1H3,(H2,24,26)(H,25,27)/b14-13+.